The van der Waals surface area contributed by atoms with E-state index >= 15 is 0 Å². The Morgan fingerprint density at radius 3 is 2.64 bits per heavy atom. The molecule has 0 spiro atoms. The molecule has 0 atom stereocenters. The van der Waals surface area contributed by atoms with Crippen LogP contribution in [0.2, 0.25) is 0 Å². The summed E-state index contributed by atoms with van der Waals surface area (Å²) in [6.45, 7) is 4.23. The molecule has 0 radical (unpaired) electrons. The van der Waals surface area contributed by atoms with Gasteiger partial charge >= 0.3 is 0 Å². The quantitative estimate of drug-likeness (QED) is 0.527. The second-order valence-corrected chi connectivity index (χ2v) is 7.32. The third-order valence-corrected chi connectivity index (χ3v) is 5.10. The molecule has 1 heterocycles. The van der Waals surface area contributed by atoms with Crippen LogP contribution in [-0.4, -0.2) is 40.5 Å². The zero-order chi connectivity index (χ0) is 18.0. The molecular formula is C18H23N3O3S. The summed E-state index contributed by atoms with van der Waals surface area (Å²) in [6, 6.07) is 5.72. The molecular weight excluding hydrogens is 338 g/mol. The summed E-state index contributed by atoms with van der Waals surface area (Å²) in [6.07, 6.45) is 2.32. The number of thioether (sulfide) groups is 1. The van der Waals surface area contributed by atoms with E-state index < -0.39 is 0 Å². The molecule has 2 aromatic rings. The fraction of sp³-hybridized carbons (Fsp3) is 0.500. The van der Waals surface area contributed by atoms with Gasteiger partial charge in [0, 0.05) is 18.0 Å². The maximum atomic E-state index is 12.6. The average Bonchev–Trinajstić information content (AvgIpc) is 3.37. The molecule has 1 fully saturated rings. The zero-order valence-electron chi connectivity index (χ0n) is 15.0. The molecule has 0 aliphatic heterocycles. The van der Waals surface area contributed by atoms with Gasteiger partial charge in [0.2, 0.25) is 0 Å². The number of carbonyl (C=O) groups excluding carboxylic acids is 1. The van der Waals surface area contributed by atoms with Crippen molar-refractivity contribution in [2.24, 2.45) is 0 Å². The Bertz CT molecular complexity index is 769. The Morgan fingerprint density at radius 1 is 1.28 bits per heavy atom. The van der Waals surface area contributed by atoms with E-state index in [0.29, 0.717) is 34.8 Å². The monoisotopic (exact) mass is 361 g/mol. The molecule has 0 saturated heterocycles. The van der Waals surface area contributed by atoms with E-state index in [0.717, 1.165) is 23.8 Å². The summed E-state index contributed by atoms with van der Waals surface area (Å²) in [7, 11) is 3.14. The minimum Gasteiger partial charge on any atom is -0.497 e. The topological polar surface area (TPSA) is 66.2 Å². The van der Waals surface area contributed by atoms with E-state index in [4.69, 9.17) is 9.47 Å². The first kappa shape index (κ1) is 17.8. The van der Waals surface area contributed by atoms with Gasteiger partial charge in [-0.2, -0.15) is 0 Å². The van der Waals surface area contributed by atoms with E-state index in [1.54, 1.807) is 32.4 Å². The highest BCUT2D eigenvalue weighted by atomic mass is 32.2. The first-order chi connectivity index (χ1) is 12.0. The predicted molar refractivity (Wildman–Crippen MR) is 97.0 cm³/mol. The van der Waals surface area contributed by atoms with Gasteiger partial charge in [-0.3, -0.25) is 4.79 Å². The molecule has 1 aliphatic rings. The number of hydrogen-bond acceptors (Lipinski definition) is 6. The van der Waals surface area contributed by atoms with Crippen LogP contribution in [0.1, 0.15) is 54.8 Å². The lowest BCUT2D eigenvalue weighted by Crippen LogP contribution is -2.08. The molecule has 7 heteroatoms. The highest BCUT2D eigenvalue weighted by Crippen LogP contribution is 2.40. The Morgan fingerprint density at radius 2 is 2.04 bits per heavy atom. The van der Waals surface area contributed by atoms with Crippen LogP contribution in [0.5, 0.6) is 11.5 Å². The standard InChI is InChI=1S/C18H23N3O3S/c1-11(2)17-19-20-18(21(17)12-5-6-12)25-10-15(22)14-8-7-13(23-3)9-16(14)24-4/h7-9,11-12H,5-6,10H2,1-4H3. The summed E-state index contributed by atoms with van der Waals surface area (Å²) in [5, 5.41) is 9.46. The van der Waals surface area contributed by atoms with Crippen LogP contribution < -0.4 is 9.47 Å². The van der Waals surface area contributed by atoms with Gasteiger partial charge in [0.25, 0.3) is 0 Å². The predicted octanol–water partition coefficient (Wildman–Crippen LogP) is 3.73. The number of benzene rings is 1. The van der Waals surface area contributed by atoms with Crippen molar-refractivity contribution < 1.29 is 14.3 Å². The van der Waals surface area contributed by atoms with Crippen LogP contribution in [0.15, 0.2) is 23.4 Å². The summed E-state index contributed by atoms with van der Waals surface area (Å²) in [5.41, 5.74) is 0.553. The Labute approximate surface area is 151 Å². The zero-order valence-corrected chi connectivity index (χ0v) is 15.8. The minimum absolute atomic E-state index is 0.000877. The number of rotatable bonds is 8. The van der Waals surface area contributed by atoms with Gasteiger partial charge in [-0.15, -0.1) is 10.2 Å². The molecule has 1 aliphatic carbocycles. The fourth-order valence-electron chi connectivity index (χ4n) is 2.69. The SMILES string of the molecule is COc1ccc(C(=O)CSc2nnc(C(C)C)n2C2CC2)c(OC)c1. The van der Waals surface area contributed by atoms with Crippen molar-refractivity contribution in [3.63, 3.8) is 0 Å². The Balaban J connectivity index is 1.75. The molecule has 1 aromatic carbocycles. The van der Waals surface area contributed by atoms with E-state index in [1.165, 1.54) is 11.8 Å². The lowest BCUT2D eigenvalue weighted by Gasteiger charge is -2.11. The van der Waals surface area contributed by atoms with Crippen molar-refractivity contribution in [2.75, 3.05) is 20.0 Å². The Hall–Kier alpha value is -2.02. The van der Waals surface area contributed by atoms with E-state index in [1.807, 2.05) is 0 Å². The third kappa shape index (κ3) is 3.81. The first-order valence-corrected chi connectivity index (χ1v) is 9.36. The second-order valence-electron chi connectivity index (χ2n) is 6.37. The summed E-state index contributed by atoms with van der Waals surface area (Å²) in [4.78, 5) is 12.6. The smallest absolute Gasteiger partial charge is 0.191 e. The molecule has 6 nitrogen and oxygen atoms in total. The van der Waals surface area contributed by atoms with Crippen molar-refractivity contribution >= 4 is 17.5 Å². The fourth-order valence-corrected chi connectivity index (χ4v) is 3.59. The van der Waals surface area contributed by atoms with Crippen LogP contribution in [-0.2, 0) is 0 Å². The van der Waals surface area contributed by atoms with Crippen molar-refractivity contribution in [3.05, 3.63) is 29.6 Å². The number of nitrogens with zero attached hydrogens (tertiary/aromatic N) is 3. The number of ketones is 1. The van der Waals surface area contributed by atoms with Crippen LogP contribution in [0.25, 0.3) is 0 Å². The number of hydrogen-bond donors (Lipinski definition) is 0. The molecule has 1 saturated carbocycles. The van der Waals surface area contributed by atoms with E-state index in [9.17, 15) is 4.79 Å². The van der Waals surface area contributed by atoms with Crippen LogP contribution in [0.3, 0.4) is 0 Å². The van der Waals surface area contributed by atoms with E-state index in [-0.39, 0.29) is 5.78 Å². The molecule has 1 aromatic heterocycles. The van der Waals surface area contributed by atoms with Gasteiger partial charge in [-0.25, -0.2) is 0 Å². The molecule has 0 amide bonds. The highest BCUT2D eigenvalue weighted by molar-refractivity contribution is 7.99. The maximum absolute atomic E-state index is 12.6. The molecule has 134 valence electrons. The molecule has 3 rings (SSSR count). The van der Waals surface area contributed by atoms with E-state index in [2.05, 4.69) is 28.6 Å². The molecule has 25 heavy (non-hydrogen) atoms. The van der Waals surface area contributed by atoms with Crippen molar-refractivity contribution in [3.8, 4) is 11.5 Å². The summed E-state index contributed by atoms with van der Waals surface area (Å²) < 4.78 is 12.7. The highest BCUT2D eigenvalue weighted by Gasteiger charge is 2.30. The lowest BCUT2D eigenvalue weighted by atomic mass is 10.1. The summed E-state index contributed by atoms with van der Waals surface area (Å²) in [5.74, 6) is 2.80. The van der Waals surface area contributed by atoms with Gasteiger partial charge in [0.1, 0.15) is 17.3 Å². The first-order valence-electron chi connectivity index (χ1n) is 8.38. The maximum Gasteiger partial charge on any atom is 0.191 e. The van der Waals surface area contributed by atoms with Gasteiger partial charge in [-0.1, -0.05) is 25.6 Å². The largest absolute Gasteiger partial charge is 0.497 e. The van der Waals surface area contributed by atoms with Crippen molar-refractivity contribution in [1.29, 1.82) is 0 Å². The second kappa shape index (κ2) is 7.47. The van der Waals surface area contributed by atoms with Crippen molar-refractivity contribution in [2.45, 2.75) is 43.8 Å². The number of aromatic nitrogens is 3. The molecule has 0 N–H and O–H groups in total. The number of carbonyl (C=O) groups is 1. The van der Waals surface area contributed by atoms with Crippen LogP contribution >= 0.6 is 11.8 Å². The van der Waals surface area contributed by atoms with Gasteiger partial charge in [-0.05, 0) is 25.0 Å². The normalized spacial score (nSPS) is 14.0. The van der Waals surface area contributed by atoms with Gasteiger partial charge in [0.05, 0.1) is 25.5 Å². The van der Waals surface area contributed by atoms with Crippen molar-refractivity contribution in [1.82, 2.24) is 14.8 Å². The summed E-state index contributed by atoms with van der Waals surface area (Å²) >= 11 is 1.44. The lowest BCUT2D eigenvalue weighted by molar-refractivity contribution is 0.101. The molecule has 0 bridgehead atoms. The average molecular weight is 361 g/mol. The van der Waals surface area contributed by atoms with Crippen LogP contribution in [0.4, 0.5) is 0 Å². The van der Waals surface area contributed by atoms with Gasteiger partial charge in [0.15, 0.2) is 10.9 Å². The number of methoxy groups -OCH3 is 2. The molecule has 0 unspecified atom stereocenters. The third-order valence-electron chi connectivity index (χ3n) is 4.16. The Kier molecular flexibility index (Phi) is 5.32. The number of Topliss-reactive ketones (excluding diaryl/α,β-unsaturated/α-hetero) is 1. The minimum atomic E-state index is 0.000877. The van der Waals surface area contributed by atoms with Gasteiger partial charge < -0.3 is 14.0 Å². The van der Waals surface area contributed by atoms with Crippen LogP contribution in [0, 0.1) is 0 Å². The number of ether oxygens (including phenoxy) is 2.